The number of nitrogens with one attached hydrogen (secondary N) is 1. The lowest BCUT2D eigenvalue weighted by atomic mass is 10.1. The Bertz CT molecular complexity index is 256. The van der Waals surface area contributed by atoms with Crippen LogP contribution >= 0.6 is 0 Å². The molecule has 0 saturated carbocycles. The molecule has 0 aromatic heterocycles. The predicted octanol–water partition coefficient (Wildman–Crippen LogP) is 6.01. The maximum Gasteiger partial charge on any atom is 0.219 e. The molecule has 0 heterocycles. The Kier molecular flexibility index (Phi) is 20.0. The van der Waals surface area contributed by atoms with E-state index in [2.05, 4.69) is 12.2 Å². The number of hydrogen-bond acceptors (Lipinski definition) is 2. The van der Waals surface area contributed by atoms with Gasteiger partial charge in [-0.3, -0.25) is 4.79 Å². The van der Waals surface area contributed by atoms with Crippen LogP contribution in [0.3, 0.4) is 0 Å². The summed E-state index contributed by atoms with van der Waals surface area (Å²) < 4.78 is 5.02. The van der Waals surface area contributed by atoms with Crippen molar-refractivity contribution in [1.82, 2.24) is 5.32 Å². The number of rotatable bonds is 19. The molecular weight excluding hydrogens is 298 g/mol. The van der Waals surface area contributed by atoms with Crippen LogP contribution in [0.2, 0.25) is 0 Å². The minimum atomic E-state index is 0.239. The molecule has 144 valence electrons. The SMILES string of the molecule is CCCCCCCCCCCCCC(=O)NCCCCCCOC. The Balaban J connectivity index is 3.12. The highest BCUT2D eigenvalue weighted by Crippen LogP contribution is 2.11. The molecule has 24 heavy (non-hydrogen) atoms. The minimum absolute atomic E-state index is 0.239. The Labute approximate surface area is 151 Å². The Morgan fingerprint density at radius 1 is 0.708 bits per heavy atom. The maximum absolute atomic E-state index is 11.7. The zero-order valence-electron chi connectivity index (χ0n) is 16.5. The first-order chi connectivity index (χ1) is 11.8. The van der Waals surface area contributed by atoms with Gasteiger partial charge in [0, 0.05) is 26.7 Å². The van der Waals surface area contributed by atoms with E-state index >= 15 is 0 Å². The third kappa shape index (κ3) is 19.5. The predicted molar refractivity (Wildman–Crippen MR) is 104 cm³/mol. The van der Waals surface area contributed by atoms with Crippen LogP contribution in [0.1, 0.15) is 110 Å². The fraction of sp³-hybridized carbons (Fsp3) is 0.952. The van der Waals surface area contributed by atoms with Crippen LogP contribution in [0.15, 0.2) is 0 Å². The zero-order valence-corrected chi connectivity index (χ0v) is 16.5. The van der Waals surface area contributed by atoms with Crippen molar-refractivity contribution in [2.24, 2.45) is 0 Å². The second kappa shape index (κ2) is 20.5. The number of carbonyl (C=O) groups is 1. The topological polar surface area (TPSA) is 38.3 Å². The number of carbonyl (C=O) groups excluding carboxylic acids is 1. The van der Waals surface area contributed by atoms with Crippen LogP contribution in [0.25, 0.3) is 0 Å². The average Bonchev–Trinajstić information content (AvgIpc) is 2.59. The summed E-state index contributed by atoms with van der Waals surface area (Å²) in [5, 5.41) is 3.04. The van der Waals surface area contributed by atoms with Crippen LogP contribution in [-0.4, -0.2) is 26.2 Å². The molecule has 3 heteroatoms. The van der Waals surface area contributed by atoms with E-state index in [0.29, 0.717) is 6.42 Å². The molecule has 0 fully saturated rings. The van der Waals surface area contributed by atoms with E-state index in [1.54, 1.807) is 7.11 Å². The molecule has 3 nitrogen and oxygen atoms in total. The molecule has 1 N–H and O–H groups in total. The molecule has 0 aliphatic heterocycles. The Hall–Kier alpha value is -0.570. The minimum Gasteiger partial charge on any atom is -0.385 e. The summed E-state index contributed by atoms with van der Waals surface area (Å²) in [4.78, 5) is 11.7. The van der Waals surface area contributed by atoms with Gasteiger partial charge in [0.15, 0.2) is 0 Å². The second-order valence-electron chi connectivity index (χ2n) is 7.04. The first kappa shape index (κ1) is 23.4. The molecule has 0 spiro atoms. The quantitative estimate of drug-likeness (QED) is 0.292. The first-order valence-corrected chi connectivity index (χ1v) is 10.6. The van der Waals surface area contributed by atoms with E-state index in [1.165, 1.54) is 77.0 Å². The van der Waals surface area contributed by atoms with Crippen molar-refractivity contribution in [2.75, 3.05) is 20.3 Å². The molecule has 0 bridgehead atoms. The molecule has 0 aromatic carbocycles. The third-order valence-electron chi connectivity index (χ3n) is 4.60. The summed E-state index contributed by atoms with van der Waals surface area (Å²) in [7, 11) is 1.74. The van der Waals surface area contributed by atoms with Gasteiger partial charge in [-0.1, -0.05) is 84.0 Å². The number of methoxy groups -OCH3 is 1. The van der Waals surface area contributed by atoms with E-state index in [-0.39, 0.29) is 5.91 Å². The van der Waals surface area contributed by atoms with Crippen molar-refractivity contribution in [2.45, 2.75) is 110 Å². The maximum atomic E-state index is 11.7. The van der Waals surface area contributed by atoms with Crippen molar-refractivity contribution < 1.29 is 9.53 Å². The van der Waals surface area contributed by atoms with Crippen molar-refractivity contribution >= 4 is 5.91 Å². The van der Waals surface area contributed by atoms with Gasteiger partial charge in [-0.25, -0.2) is 0 Å². The number of hydrogen-bond donors (Lipinski definition) is 1. The Morgan fingerprint density at radius 2 is 1.21 bits per heavy atom. The highest BCUT2D eigenvalue weighted by molar-refractivity contribution is 5.75. The van der Waals surface area contributed by atoms with Gasteiger partial charge < -0.3 is 10.1 Å². The molecule has 0 saturated heterocycles. The number of unbranched alkanes of at least 4 members (excludes halogenated alkanes) is 13. The fourth-order valence-electron chi connectivity index (χ4n) is 2.99. The highest BCUT2D eigenvalue weighted by atomic mass is 16.5. The van der Waals surface area contributed by atoms with Crippen molar-refractivity contribution in [1.29, 1.82) is 0 Å². The average molecular weight is 342 g/mol. The summed E-state index contributed by atoms with van der Waals surface area (Å²) in [6, 6.07) is 0. The van der Waals surface area contributed by atoms with Gasteiger partial charge in [0.25, 0.3) is 0 Å². The van der Waals surface area contributed by atoms with Crippen molar-refractivity contribution in [3.05, 3.63) is 0 Å². The summed E-state index contributed by atoms with van der Waals surface area (Å²) in [5.41, 5.74) is 0. The molecule has 1 amide bonds. The Morgan fingerprint density at radius 3 is 1.79 bits per heavy atom. The van der Waals surface area contributed by atoms with Crippen molar-refractivity contribution in [3.63, 3.8) is 0 Å². The van der Waals surface area contributed by atoms with Gasteiger partial charge in [-0.05, 0) is 19.3 Å². The third-order valence-corrected chi connectivity index (χ3v) is 4.60. The highest BCUT2D eigenvalue weighted by Gasteiger charge is 2.00. The standard InChI is InChI=1S/C21H43NO2/c1-3-4-5-6-7-8-9-10-11-12-15-18-21(23)22-19-16-13-14-17-20-24-2/h3-20H2,1-2H3,(H,22,23). The number of ether oxygens (including phenoxy) is 1. The fourth-order valence-corrected chi connectivity index (χ4v) is 2.99. The molecule has 0 aliphatic carbocycles. The van der Waals surface area contributed by atoms with Gasteiger partial charge in [-0.15, -0.1) is 0 Å². The normalized spacial score (nSPS) is 10.9. The second-order valence-corrected chi connectivity index (χ2v) is 7.04. The lowest BCUT2D eigenvalue weighted by Crippen LogP contribution is -2.23. The molecule has 0 aliphatic rings. The lowest BCUT2D eigenvalue weighted by molar-refractivity contribution is -0.121. The van der Waals surface area contributed by atoms with E-state index in [4.69, 9.17) is 4.74 Å². The molecule has 0 aromatic rings. The van der Waals surface area contributed by atoms with Crippen LogP contribution in [0.5, 0.6) is 0 Å². The monoisotopic (exact) mass is 341 g/mol. The molecule has 0 rings (SSSR count). The van der Waals surface area contributed by atoms with Gasteiger partial charge in [-0.2, -0.15) is 0 Å². The molecule has 0 radical (unpaired) electrons. The largest absolute Gasteiger partial charge is 0.385 e. The van der Waals surface area contributed by atoms with Crippen LogP contribution in [0.4, 0.5) is 0 Å². The molecule has 0 atom stereocenters. The number of amides is 1. The van der Waals surface area contributed by atoms with Gasteiger partial charge >= 0.3 is 0 Å². The summed E-state index contributed by atoms with van der Waals surface area (Å²) >= 11 is 0. The van der Waals surface area contributed by atoms with Gasteiger partial charge in [0.2, 0.25) is 5.91 Å². The van der Waals surface area contributed by atoms with Crippen molar-refractivity contribution in [3.8, 4) is 0 Å². The van der Waals surface area contributed by atoms with Crippen LogP contribution < -0.4 is 5.32 Å². The lowest BCUT2D eigenvalue weighted by Gasteiger charge is -2.05. The first-order valence-electron chi connectivity index (χ1n) is 10.6. The van der Waals surface area contributed by atoms with E-state index in [0.717, 1.165) is 32.4 Å². The van der Waals surface area contributed by atoms with Crippen LogP contribution in [-0.2, 0) is 9.53 Å². The molecule has 0 unspecified atom stereocenters. The summed E-state index contributed by atoms with van der Waals surface area (Å²) in [5.74, 6) is 0.239. The zero-order chi connectivity index (χ0) is 17.7. The smallest absolute Gasteiger partial charge is 0.219 e. The van der Waals surface area contributed by atoms with Crippen LogP contribution in [0, 0.1) is 0 Å². The van der Waals surface area contributed by atoms with Gasteiger partial charge in [0.1, 0.15) is 0 Å². The molecular formula is C21H43NO2. The van der Waals surface area contributed by atoms with E-state index in [9.17, 15) is 4.79 Å². The van der Waals surface area contributed by atoms with E-state index in [1.807, 2.05) is 0 Å². The summed E-state index contributed by atoms with van der Waals surface area (Å²) in [6.07, 6.45) is 20.0. The summed E-state index contributed by atoms with van der Waals surface area (Å²) in [6.45, 7) is 3.96. The van der Waals surface area contributed by atoms with Gasteiger partial charge in [0.05, 0.1) is 0 Å². The van der Waals surface area contributed by atoms with E-state index < -0.39 is 0 Å².